The van der Waals surface area contributed by atoms with Crippen LogP contribution in [0.2, 0.25) is 0 Å². The van der Waals surface area contributed by atoms with Gasteiger partial charge in [0.2, 0.25) is 0 Å². The van der Waals surface area contributed by atoms with Crippen LogP contribution in [-0.4, -0.2) is 5.78 Å². The fourth-order valence-corrected chi connectivity index (χ4v) is 2.01. The largest absolute Gasteiger partial charge is 0.299 e. The average molecular weight is 271 g/mol. The minimum absolute atomic E-state index is 0.221. The van der Waals surface area contributed by atoms with Crippen molar-refractivity contribution in [2.24, 2.45) is 5.92 Å². The van der Waals surface area contributed by atoms with Crippen molar-refractivity contribution in [2.75, 3.05) is 0 Å². The molecule has 0 radical (unpaired) electrons. The highest BCUT2D eigenvalue weighted by molar-refractivity contribution is 9.10. The molecule has 1 aliphatic carbocycles. The van der Waals surface area contributed by atoms with E-state index in [1.165, 1.54) is 6.07 Å². The van der Waals surface area contributed by atoms with Gasteiger partial charge in [0.05, 0.1) is 0 Å². The van der Waals surface area contributed by atoms with E-state index in [1.54, 1.807) is 12.1 Å². The molecule has 1 saturated carbocycles. The number of hydrogen-bond donors (Lipinski definition) is 0. The first-order chi connectivity index (χ1) is 7.16. The number of ketones is 1. The summed E-state index contributed by atoms with van der Waals surface area (Å²) >= 11 is 3.29. The van der Waals surface area contributed by atoms with Crippen LogP contribution in [0.3, 0.4) is 0 Å². The van der Waals surface area contributed by atoms with Crippen molar-refractivity contribution >= 4 is 21.7 Å². The molecule has 15 heavy (non-hydrogen) atoms. The summed E-state index contributed by atoms with van der Waals surface area (Å²) in [7, 11) is 0. The second-order valence-electron chi connectivity index (χ2n) is 3.98. The zero-order chi connectivity index (χ0) is 10.8. The van der Waals surface area contributed by atoms with Crippen molar-refractivity contribution in [3.05, 3.63) is 34.1 Å². The van der Waals surface area contributed by atoms with Crippen LogP contribution in [0.1, 0.15) is 24.8 Å². The van der Waals surface area contributed by atoms with Crippen LogP contribution in [0, 0.1) is 11.7 Å². The Labute approximate surface area is 96.8 Å². The molecule has 0 heterocycles. The maximum absolute atomic E-state index is 13.3. The maximum atomic E-state index is 13.3. The third kappa shape index (κ3) is 2.88. The predicted molar refractivity (Wildman–Crippen MR) is 60.2 cm³/mol. The van der Waals surface area contributed by atoms with Gasteiger partial charge in [0.1, 0.15) is 11.6 Å². The fourth-order valence-electron chi connectivity index (χ4n) is 1.60. The quantitative estimate of drug-likeness (QED) is 0.819. The Hall–Kier alpha value is -0.700. The molecule has 1 nitrogen and oxygen atoms in total. The van der Waals surface area contributed by atoms with Gasteiger partial charge in [0.25, 0.3) is 0 Å². The van der Waals surface area contributed by atoms with Crippen LogP contribution in [0.4, 0.5) is 4.39 Å². The van der Waals surface area contributed by atoms with Crippen molar-refractivity contribution in [2.45, 2.75) is 25.7 Å². The van der Waals surface area contributed by atoms with Gasteiger partial charge >= 0.3 is 0 Å². The predicted octanol–water partition coefficient (Wildman–Crippen LogP) is 3.50. The summed E-state index contributed by atoms with van der Waals surface area (Å²) in [6.45, 7) is 0. The van der Waals surface area contributed by atoms with E-state index in [1.807, 2.05) is 0 Å². The van der Waals surface area contributed by atoms with Gasteiger partial charge < -0.3 is 0 Å². The van der Waals surface area contributed by atoms with E-state index >= 15 is 0 Å². The van der Waals surface area contributed by atoms with Gasteiger partial charge in [0, 0.05) is 16.8 Å². The summed E-state index contributed by atoms with van der Waals surface area (Å²) in [5.74, 6) is 0.344. The molecule has 0 bridgehead atoms. The van der Waals surface area contributed by atoms with Gasteiger partial charge in [-0.25, -0.2) is 4.39 Å². The minimum Gasteiger partial charge on any atom is -0.299 e. The SMILES string of the molecule is O=C(CCc1cc(Br)ccc1F)C1CC1. The molecule has 1 aromatic rings. The monoisotopic (exact) mass is 270 g/mol. The molecule has 0 spiro atoms. The molecular formula is C12H12BrFO. The highest BCUT2D eigenvalue weighted by atomic mass is 79.9. The van der Waals surface area contributed by atoms with Gasteiger partial charge in [-0.2, -0.15) is 0 Å². The molecule has 0 amide bonds. The normalized spacial score (nSPS) is 15.3. The third-order valence-corrected chi connectivity index (χ3v) is 3.17. The molecule has 0 saturated heterocycles. The molecule has 0 N–H and O–H groups in total. The van der Waals surface area contributed by atoms with E-state index in [-0.39, 0.29) is 17.5 Å². The molecule has 0 unspecified atom stereocenters. The topological polar surface area (TPSA) is 17.1 Å². The number of benzene rings is 1. The lowest BCUT2D eigenvalue weighted by atomic mass is 10.1. The van der Waals surface area contributed by atoms with Crippen molar-refractivity contribution in [1.29, 1.82) is 0 Å². The number of carbonyl (C=O) groups excluding carboxylic acids is 1. The molecule has 1 aromatic carbocycles. The zero-order valence-electron chi connectivity index (χ0n) is 8.30. The van der Waals surface area contributed by atoms with Gasteiger partial charge in [-0.3, -0.25) is 4.79 Å². The van der Waals surface area contributed by atoms with Crippen LogP contribution in [0.5, 0.6) is 0 Å². The van der Waals surface area contributed by atoms with E-state index in [4.69, 9.17) is 0 Å². The number of carbonyl (C=O) groups is 1. The Morgan fingerprint density at radius 1 is 1.47 bits per heavy atom. The zero-order valence-corrected chi connectivity index (χ0v) is 9.89. The number of halogens is 2. The average Bonchev–Trinajstić information content (AvgIpc) is 3.02. The van der Waals surface area contributed by atoms with Gasteiger partial charge in [-0.15, -0.1) is 0 Å². The van der Waals surface area contributed by atoms with Gasteiger partial charge in [-0.05, 0) is 43.0 Å². The summed E-state index contributed by atoms with van der Waals surface area (Å²) in [6, 6.07) is 4.85. The first-order valence-electron chi connectivity index (χ1n) is 5.13. The Kier molecular flexibility index (Phi) is 3.19. The number of rotatable bonds is 4. The van der Waals surface area contributed by atoms with Crippen LogP contribution in [-0.2, 0) is 11.2 Å². The molecule has 1 aliphatic rings. The minimum atomic E-state index is -0.221. The van der Waals surface area contributed by atoms with Crippen LogP contribution in [0.25, 0.3) is 0 Å². The van der Waals surface area contributed by atoms with Crippen LogP contribution < -0.4 is 0 Å². The molecule has 3 heteroatoms. The van der Waals surface area contributed by atoms with Gasteiger partial charge in [0.15, 0.2) is 0 Å². The highest BCUT2D eigenvalue weighted by Gasteiger charge is 2.28. The summed E-state index contributed by atoms with van der Waals surface area (Å²) in [4.78, 5) is 11.4. The lowest BCUT2D eigenvalue weighted by Crippen LogP contribution is -2.03. The van der Waals surface area contributed by atoms with E-state index in [0.717, 1.165) is 17.3 Å². The van der Waals surface area contributed by atoms with E-state index in [9.17, 15) is 9.18 Å². The summed E-state index contributed by atoms with van der Waals surface area (Å²) in [5, 5.41) is 0. The van der Waals surface area contributed by atoms with Crippen molar-refractivity contribution in [3.63, 3.8) is 0 Å². The van der Waals surface area contributed by atoms with E-state index in [0.29, 0.717) is 18.4 Å². The Morgan fingerprint density at radius 3 is 2.87 bits per heavy atom. The third-order valence-electron chi connectivity index (χ3n) is 2.68. The van der Waals surface area contributed by atoms with E-state index in [2.05, 4.69) is 15.9 Å². The summed E-state index contributed by atoms with van der Waals surface area (Å²) in [6.07, 6.45) is 3.04. The summed E-state index contributed by atoms with van der Waals surface area (Å²) in [5.41, 5.74) is 0.623. The first-order valence-corrected chi connectivity index (χ1v) is 5.93. The van der Waals surface area contributed by atoms with Gasteiger partial charge in [-0.1, -0.05) is 15.9 Å². The molecule has 0 aromatic heterocycles. The number of aryl methyl sites for hydroxylation is 1. The molecule has 1 fully saturated rings. The molecule has 0 aliphatic heterocycles. The van der Waals surface area contributed by atoms with Crippen molar-refractivity contribution < 1.29 is 9.18 Å². The maximum Gasteiger partial charge on any atom is 0.136 e. The standard InChI is InChI=1S/C12H12BrFO/c13-10-4-5-11(14)9(7-10)3-6-12(15)8-1-2-8/h4-5,7-8H,1-3,6H2. The Bertz CT molecular complexity index is 385. The highest BCUT2D eigenvalue weighted by Crippen LogP contribution is 2.31. The van der Waals surface area contributed by atoms with E-state index < -0.39 is 0 Å². The Morgan fingerprint density at radius 2 is 2.20 bits per heavy atom. The smallest absolute Gasteiger partial charge is 0.136 e. The second-order valence-corrected chi connectivity index (χ2v) is 4.89. The first kappa shape index (κ1) is 10.8. The van der Waals surface area contributed by atoms with Crippen molar-refractivity contribution in [1.82, 2.24) is 0 Å². The van der Waals surface area contributed by atoms with Crippen molar-refractivity contribution in [3.8, 4) is 0 Å². The fraction of sp³-hybridized carbons (Fsp3) is 0.417. The lowest BCUT2D eigenvalue weighted by molar-refractivity contribution is -0.120. The lowest BCUT2D eigenvalue weighted by Gasteiger charge is -2.03. The Balaban J connectivity index is 1.97. The summed E-state index contributed by atoms with van der Waals surface area (Å²) < 4.78 is 14.2. The molecular weight excluding hydrogens is 259 g/mol. The number of Topliss-reactive ketones (excluding diaryl/α,β-unsaturated/α-hetero) is 1. The molecule has 2 rings (SSSR count). The van der Waals surface area contributed by atoms with Crippen LogP contribution in [0.15, 0.2) is 22.7 Å². The second kappa shape index (κ2) is 4.44. The number of hydrogen-bond acceptors (Lipinski definition) is 1. The molecule has 80 valence electrons. The van der Waals surface area contributed by atoms with Crippen LogP contribution >= 0.6 is 15.9 Å². The molecule has 0 atom stereocenters.